The van der Waals surface area contributed by atoms with Crippen molar-refractivity contribution in [1.29, 1.82) is 0 Å². The zero-order chi connectivity index (χ0) is 14.8. The van der Waals surface area contributed by atoms with Gasteiger partial charge < -0.3 is 9.30 Å². The Bertz CT molecular complexity index is 526. The number of aromatic nitrogens is 1. The lowest BCUT2D eigenvalue weighted by Crippen LogP contribution is -2.30. The van der Waals surface area contributed by atoms with Crippen LogP contribution in [-0.2, 0) is 22.3 Å². The van der Waals surface area contributed by atoms with E-state index in [1.165, 1.54) is 0 Å². The summed E-state index contributed by atoms with van der Waals surface area (Å²) in [5.74, 6) is -0.770. The van der Waals surface area contributed by atoms with Gasteiger partial charge in [-0.15, -0.1) is 0 Å². The van der Waals surface area contributed by atoms with E-state index in [2.05, 4.69) is 0 Å². The lowest BCUT2D eigenvalue weighted by Gasteiger charge is -2.20. The van der Waals surface area contributed by atoms with Crippen molar-refractivity contribution in [3.05, 3.63) is 34.2 Å². The molecular weight excluding hydrogens is 263 g/mol. The van der Waals surface area contributed by atoms with Crippen molar-refractivity contribution >= 4 is 5.97 Å². The van der Waals surface area contributed by atoms with Crippen LogP contribution < -0.4 is 5.56 Å². The van der Waals surface area contributed by atoms with E-state index < -0.39 is 35.4 Å². The number of carbonyl (C=O) groups is 1. The number of nitrogens with zero attached hydrogens (tertiary/aromatic N) is 1. The van der Waals surface area contributed by atoms with E-state index >= 15 is 0 Å². The van der Waals surface area contributed by atoms with Crippen molar-refractivity contribution in [1.82, 2.24) is 4.57 Å². The highest BCUT2D eigenvalue weighted by Crippen LogP contribution is 2.28. The minimum Gasteiger partial charge on any atom is -0.459 e. The summed E-state index contributed by atoms with van der Waals surface area (Å²) in [5.41, 5.74) is -2.45. The standard InChI is InChI=1S/C12H14F3NO3/c1-11(2,3)19-10(18)7-16-6-8(12(13,14)15)4-5-9(16)17/h4-6H,7H2,1-3H3. The Morgan fingerprint density at radius 2 is 1.84 bits per heavy atom. The molecule has 0 aliphatic heterocycles. The first-order valence-corrected chi connectivity index (χ1v) is 5.48. The Balaban J connectivity index is 2.96. The average Bonchev–Trinajstić information content (AvgIpc) is 2.16. The molecule has 0 N–H and O–H groups in total. The molecule has 1 aromatic rings. The first kappa shape index (κ1) is 15.3. The summed E-state index contributed by atoms with van der Waals surface area (Å²) in [6.45, 7) is 4.32. The summed E-state index contributed by atoms with van der Waals surface area (Å²) in [6, 6.07) is 1.45. The molecule has 0 fully saturated rings. The molecule has 1 heterocycles. The van der Waals surface area contributed by atoms with E-state index in [1.54, 1.807) is 20.8 Å². The number of ether oxygens (including phenoxy) is 1. The highest BCUT2D eigenvalue weighted by atomic mass is 19.4. The molecular formula is C12H14F3NO3. The van der Waals surface area contributed by atoms with E-state index in [0.29, 0.717) is 16.8 Å². The molecule has 0 unspecified atom stereocenters. The molecule has 0 aliphatic rings. The molecule has 1 rings (SSSR count). The van der Waals surface area contributed by atoms with Crippen LogP contribution in [-0.4, -0.2) is 16.1 Å². The molecule has 19 heavy (non-hydrogen) atoms. The second-order valence-electron chi connectivity index (χ2n) is 4.97. The third kappa shape index (κ3) is 4.76. The van der Waals surface area contributed by atoms with Gasteiger partial charge in [-0.05, 0) is 26.8 Å². The van der Waals surface area contributed by atoms with Crippen molar-refractivity contribution in [2.75, 3.05) is 0 Å². The smallest absolute Gasteiger partial charge is 0.417 e. The maximum absolute atomic E-state index is 12.5. The van der Waals surface area contributed by atoms with E-state index in [9.17, 15) is 22.8 Å². The second kappa shape index (κ2) is 5.07. The summed E-state index contributed by atoms with van der Waals surface area (Å²) >= 11 is 0. The van der Waals surface area contributed by atoms with Gasteiger partial charge in [-0.2, -0.15) is 13.2 Å². The second-order valence-corrected chi connectivity index (χ2v) is 4.97. The van der Waals surface area contributed by atoms with Gasteiger partial charge in [0.25, 0.3) is 5.56 Å². The molecule has 0 saturated heterocycles. The number of carbonyl (C=O) groups excluding carboxylic acids is 1. The normalized spacial score (nSPS) is 12.3. The maximum Gasteiger partial charge on any atom is 0.417 e. The molecule has 0 radical (unpaired) electrons. The van der Waals surface area contributed by atoms with Crippen LogP contribution in [0.25, 0.3) is 0 Å². The van der Waals surface area contributed by atoms with Gasteiger partial charge in [0.2, 0.25) is 0 Å². The minimum atomic E-state index is -4.57. The van der Waals surface area contributed by atoms with Crippen molar-refractivity contribution in [2.45, 2.75) is 39.1 Å². The number of alkyl halides is 3. The Labute approximate surface area is 107 Å². The monoisotopic (exact) mass is 277 g/mol. The highest BCUT2D eigenvalue weighted by Gasteiger charge is 2.31. The predicted octanol–water partition coefficient (Wildman–Crippen LogP) is 2.21. The summed E-state index contributed by atoms with van der Waals surface area (Å²) < 4.78 is 43.0. The van der Waals surface area contributed by atoms with Crippen LogP contribution in [0.5, 0.6) is 0 Å². The molecule has 0 spiro atoms. The van der Waals surface area contributed by atoms with Crippen molar-refractivity contribution in [3.63, 3.8) is 0 Å². The van der Waals surface area contributed by atoms with Gasteiger partial charge in [0.15, 0.2) is 0 Å². The van der Waals surface area contributed by atoms with Gasteiger partial charge in [-0.25, -0.2) is 0 Å². The maximum atomic E-state index is 12.5. The van der Waals surface area contributed by atoms with Crippen molar-refractivity contribution in [2.24, 2.45) is 0 Å². The predicted molar refractivity (Wildman–Crippen MR) is 61.5 cm³/mol. The lowest BCUT2D eigenvalue weighted by molar-refractivity contribution is -0.156. The van der Waals surface area contributed by atoms with E-state index in [0.717, 1.165) is 6.07 Å². The van der Waals surface area contributed by atoms with Crippen molar-refractivity contribution < 1.29 is 22.7 Å². The lowest BCUT2D eigenvalue weighted by atomic mass is 10.2. The van der Waals surface area contributed by atoms with Crippen molar-refractivity contribution in [3.8, 4) is 0 Å². The summed E-state index contributed by atoms with van der Waals surface area (Å²) in [5, 5.41) is 0. The Morgan fingerprint density at radius 3 is 2.32 bits per heavy atom. The number of hydrogen-bond donors (Lipinski definition) is 0. The van der Waals surface area contributed by atoms with E-state index in [4.69, 9.17) is 4.74 Å². The zero-order valence-corrected chi connectivity index (χ0v) is 10.7. The molecule has 0 amide bonds. The number of esters is 1. The zero-order valence-electron chi connectivity index (χ0n) is 10.7. The van der Waals surface area contributed by atoms with Crippen LogP contribution in [0.2, 0.25) is 0 Å². The highest BCUT2D eigenvalue weighted by molar-refractivity contribution is 5.69. The third-order valence-corrected chi connectivity index (χ3v) is 2.03. The molecule has 0 aliphatic carbocycles. The fraction of sp³-hybridized carbons (Fsp3) is 0.500. The Morgan fingerprint density at radius 1 is 1.26 bits per heavy atom. The quantitative estimate of drug-likeness (QED) is 0.779. The molecule has 106 valence electrons. The average molecular weight is 277 g/mol. The topological polar surface area (TPSA) is 48.3 Å². The number of rotatable bonds is 2. The largest absolute Gasteiger partial charge is 0.459 e. The molecule has 0 aromatic carbocycles. The summed E-state index contributed by atoms with van der Waals surface area (Å²) in [4.78, 5) is 22.9. The first-order valence-electron chi connectivity index (χ1n) is 5.48. The van der Waals surface area contributed by atoms with Gasteiger partial charge in [-0.1, -0.05) is 0 Å². The molecule has 4 nitrogen and oxygen atoms in total. The fourth-order valence-electron chi connectivity index (χ4n) is 1.34. The molecule has 1 aromatic heterocycles. The third-order valence-electron chi connectivity index (χ3n) is 2.03. The van der Waals surface area contributed by atoms with Crippen LogP contribution in [0.3, 0.4) is 0 Å². The van der Waals surface area contributed by atoms with Gasteiger partial charge in [0.1, 0.15) is 12.1 Å². The van der Waals surface area contributed by atoms with Gasteiger partial charge >= 0.3 is 12.1 Å². The molecule has 0 saturated carbocycles. The Hall–Kier alpha value is -1.79. The number of pyridine rings is 1. The van der Waals surface area contributed by atoms with E-state index in [-0.39, 0.29) is 0 Å². The van der Waals surface area contributed by atoms with Gasteiger partial charge in [-0.3, -0.25) is 9.59 Å². The first-order chi connectivity index (χ1) is 8.49. The summed E-state index contributed by atoms with van der Waals surface area (Å²) in [7, 11) is 0. The number of halogens is 3. The van der Waals surface area contributed by atoms with Crippen LogP contribution in [0.1, 0.15) is 26.3 Å². The van der Waals surface area contributed by atoms with Crippen LogP contribution >= 0.6 is 0 Å². The minimum absolute atomic E-state index is 0.556. The van der Waals surface area contributed by atoms with Crippen LogP contribution in [0, 0.1) is 0 Å². The number of hydrogen-bond acceptors (Lipinski definition) is 3. The molecule has 0 atom stereocenters. The van der Waals surface area contributed by atoms with Crippen LogP contribution in [0.4, 0.5) is 13.2 Å². The van der Waals surface area contributed by atoms with Gasteiger partial charge in [0.05, 0.1) is 5.56 Å². The molecule has 0 bridgehead atoms. The molecule has 7 heteroatoms. The van der Waals surface area contributed by atoms with Gasteiger partial charge in [0, 0.05) is 12.3 Å². The SMILES string of the molecule is CC(C)(C)OC(=O)Cn1cc(C(F)(F)F)ccc1=O. The summed E-state index contributed by atoms with van der Waals surface area (Å²) in [6.07, 6.45) is -3.96. The fourth-order valence-corrected chi connectivity index (χ4v) is 1.34. The van der Waals surface area contributed by atoms with E-state index in [1.807, 2.05) is 0 Å². The van der Waals surface area contributed by atoms with Crippen LogP contribution in [0.15, 0.2) is 23.1 Å². The Kier molecular flexibility index (Phi) is 4.07.